The third kappa shape index (κ3) is 3.05. The van der Waals surface area contributed by atoms with Crippen LogP contribution in [0.3, 0.4) is 0 Å². The summed E-state index contributed by atoms with van der Waals surface area (Å²) in [6, 6.07) is 17.7. The molecule has 0 aliphatic rings. The van der Waals surface area contributed by atoms with Crippen molar-refractivity contribution in [3.05, 3.63) is 54.6 Å². The van der Waals surface area contributed by atoms with Crippen LogP contribution in [0.1, 0.15) is 0 Å². The standard InChI is InChI=1S/C12H9N2.Li/c1-3-7-11(8-4-1)13-14-12-9-5-2-6-10-12;/h1,3-10H;. The molecule has 2 aromatic carbocycles. The zero-order valence-electron chi connectivity index (χ0n) is 8.59. The minimum absolute atomic E-state index is 0.873. The monoisotopic (exact) mass is 188 g/mol. The molecule has 2 nitrogen and oxygen atoms in total. The summed E-state index contributed by atoms with van der Waals surface area (Å²) in [4.78, 5) is 0. The summed E-state index contributed by atoms with van der Waals surface area (Å²) < 4.78 is 1.23. The van der Waals surface area contributed by atoms with E-state index in [1.807, 2.05) is 54.6 Å². The molecule has 0 unspecified atom stereocenters. The summed E-state index contributed by atoms with van der Waals surface area (Å²) in [5.41, 5.74) is 1.75. The number of hydrogen-bond donors (Lipinski definition) is 0. The first-order valence-electron chi connectivity index (χ1n) is 4.88. The number of hydrogen-bond acceptors (Lipinski definition) is 2. The Labute approximate surface area is 98.3 Å². The molecule has 0 spiro atoms. The Balaban J connectivity index is 2.15. The summed E-state index contributed by atoms with van der Waals surface area (Å²) in [6.07, 6.45) is 0. The van der Waals surface area contributed by atoms with Gasteiger partial charge in [0.1, 0.15) is 0 Å². The Kier molecular flexibility index (Phi) is 3.34. The van der Waals surface area contributed by atoms with Gasteiger partial charge in [-0.05, 0) is 0 Å². The van der Waals surface area contributed by atoms with Crippen LogP contribution in [0.4, 0.5) is 11.4 Å². The topological polar surface area (TPSA) is 24.7 Å². The van der Waals surface area contributed by atoms with Crippen LogP contribution < -0.4 is 4.24 Å². The average Bonchev–Trinajstić information content (AvgIpc) is 2.30. The summed E-state index contributed by atoms with van der Waals surface area (Å²) in [5, 5.41) is 8.27. The van der Waals surface area contributed by atoms with Crippen LogP contribution >= 0.6 is 0 Å². The second kappa shape index (κ2) is 4.93. The second-order valence-electron chi connectivity index (χ2n) is 3.37. The van der Waals surface area contributed by atoms with E-state index < -0.39 is 0 Å². The fourth-order valence-corrected chi connectivity index (χ4v) is 1.22. The van der Waals surface area contributed by atoms with Crippen LogP contribution in [0.5, 0.6) is 0 Å². The predicted octanol–water partition coefficient (Wildman–Crippen LogP) is 2.90. The van der Waals surface area contributed by atoms with Crippen LogP contribution in [-0.2, 0) is 0 Å². The van der Waals surface area contributed by atoms with Gasteiger partial charge in [-0.15, -0.1) is 0 Å². The van der Waals surface area contributed by atoms with Gasteiger partial charge in [-0.2, -0.15) is 0 Å². The Bertz CT molecular complexity index is 449. The van der Waals surface area contributed by atoms with Gasteiger partial charge in [0.05, 0.1) is 0 Å². The molecule has 0 saturated carbocycles. The van der Waals surface area contributed by atoms with Crippen molar-refractivity contribution in [2.75, 3.05) is 0 Å². The van der Waals surface area contributed by atoms with E-state index in [4.69, 9.17) is 0 Å². The summed E-state index contributed by atoms with van der Waals surface area (Å²) in [5.74, 6) is 0. The Hall–Kier alpha value is -1.36. The van der Waals surface area contributed by atoms with Crippen molar-refractivity contribution in [2.45, 2.75) is 0 Å². The molecule has 2 aromatic rings. The van der Waals surface area contributed by atoms with Crippen molar-refractivity contribution in [1.29, 1.82) is 0 Å². The molecule has 0 aromatic heterocycles. The molecule has 0 heterocycles. The Morgan fingerprint density at radius 2 is 1.20 bits per heavy atom. The Morgan fingerprint density at radius 3 is 1.80 bits per heavy atom. The van der Waals surface area contributed by atoms with Crippen LogP contribution in [0.25, 0.3) is 0 Å². The normalized spacial score (nSPS) is 10.8. The van der Waals surface area contributed by atoms with Crippen molar-refractivity contribution in [1.82, 2.24) is 0 Å². The average molecular weight is 188 g/mol. The maximum absolute atomic E-state index is 4.14. The quantitative estimate of drug-likeness (QED) is 0.511. The van der Waals surface area contributed by atoms with Gasteiger partial charge in [0.25, 0.3) is 0 Å². The molecule has 2 rings (SSSR count). The van der Waals surface area contributed by atoms with Crippen molar-refractivity contribution in [3.63, 3.8) is 0 Å². The molecule has 0 fully saturated rings. The third-order valence-corrected chi connectivity index (χ3v) is 2.07. The van der Waals surface area contributed by atoms with E-state index in [0.717, 1.165) is 11.4 Å². The summed E-state index contributed by atoms with van der Waals surface area (Å²) >= 11 is 2.05. The molecule has 0 atom stereocenters. The van der Waals surface area contributed by atoms with E-state index in [1.165, 1.54) is 4.24 Å². The Morgan fingerprint density at radius 1 is 0.667 bits per heavy atom. The van der Waals surface area contributed by atoms with Crippen molar-refractivity contribution < 1.29 is 0 Å². The van der Waals surface area contributed by atoms with Gasteiger partial charge in [-0.25, -0.2) is 0 Å². The zero-order chi connectivity index (χ0) is 10.5. The maximum atomic E-state index is 4.14. The number of rotatable bonds is 2. The van der Waals surface area contributed by atoms with Gasteiger partial charge < -0.3 is 0 Å². The molecular weight excluding hydrogens is 179 g/mol. The van der Waals surface area contributed by atoms with E-state index >= 15 is 0 Å². The molecule has 0 radical (unpaired) electrons. The zero-order valence-corrected chi connectivity index (χ0v) is 8.59. The molecule has 68 valence electrons. The summed E-state index contributed by atoms with van der Waals surface area (Å²) in [6.45, 7) is 0. The minimum atomic E-state index is 0.873. The number of azo groups is 1. The molecule has 0 bridgehead atoms. The van der Waals surface area contributed by atoms with Crippen LogP contribution in [0.2, 0.25) is 0 Å². The van der Waals surface area contributed by atoms with E-state index in [1.54, 1.807) is 0 Å². The van der Waals surface area contributed by atoms with E-state index in [2.05, 4.69) is 27.9 Å². The van der Waals surface area contributed by atoms with Crippen LogP contribution in [0.15, 0.2) is 64.8 Å². The van der Waals surface area contributed by atoms with Crippen LogP contribution in [-0.4, -0.2) is 17.7 Å². The fraction of sp³-hybridized carbons (Fsp3) is 0. The molecule has 0 aliphatic heterocycles. The molecule has 0 saturated heterocycles. The SMILES string of the molecule is [Li][c]1ccc(N=Nc2ccccc2)cc1. The van der Waals surface area contributed by atoms with Crippen LogP contribution in [0, 0.1) is 0 Å². The summed E-state index contributed by atoms with van der Waals surface area (Å²) in [7, 11) is 0. The number of benzene rings is 2. The van der Waals surface area contributed by atoms with Crippen molar-refractivity contribution >= 4 is 33.3 Å². The molecule has 0 N–H and O–H groups in total. The second-order valence-corrected chi connectivity index (χ2v) is 3.37. The van der Waals surface area contributed by atoms with E-state index in [9.17, 15) is 0 Å². The molecular formula is C12H9LiN2. The first kappa shape index (κ1) is 10.2. The third-order valence-electron chi connectivity index (χ3n) is 2.07. The molecule has 3 heteroatoms. The predicted molar refractivity (Wildman–Crippen MR) is 62.4 cm³/mol. The number of nitrogens with zero attached hydrogens (tertiary/aromatic N) is 2. The van der Waals surface area contributed by atoms with Crippen molar-refractivity contribution in [3.8, 4) is 0 Å². The first-order valence-corrected chi connectivity index (χ1v) is 4.88. The van der Waals surface area contributed by atoms with Gasteiger partial charge in [0, 0.05) is 0 Å². The van der Waals surface area contributed by atoms with Gasteiger partial charge in [-0.1, -0.05) is 0 Å². The van der Waals surface area contributed by atoms with E-state index in [-0.39, 0.29) is 0 Å². The van der Waals surface area contributed by atoms with Gasteiger partial charge >= 0.3 is 98.2 Å². The first-order chi connectivity index (χ1) is 7.34. The van der Waals surface area contributed by atoms with E-state index in [0.29, 0.717) is 0 Å². The molecule has 15 heavy (non-hydrogen) atoms. The van der Waals surface area contributed by atoms with Gasteiger partial charge in [0.15, 0.2) is 0 Å². The van der Waals surface area contributed by atoms with Gasteiger partial charge in [-0.3, -0.25) is 0 Å². The van der Waals surface area contributed by atoms with Gasteiger partial charge in [0.2, 0.25) is 0 Å². The molecule has 0 amide bonds. The molecule has 0 aliphatic carbocycles. The van der Waals surface area contributed by atoms with Crippen molar-refractivity contribution in [2.24, 2.45) is 10.2 Å². The fourth-order valence-electron chi connectivity index (χ4n) is 1.22.